The molecular weight excluding hydrogens is 176 g/mol. The van der Waals surface area contributed by atoms with Gasteiger partial charge in [-0.3, -0.25) is 0 Å². The molecular formula is C12H16S. The Balaban J connectivity index is 2.87. The highest BCUT2D eigenvalue weighted by molar-refractivity contribution is 8.08. The molecule has 0 radical (unpaired) electrons. The van der Waals surface area contributed by atoms with Crippen LogP contribution in [-0.2, 0) is 0 Å². The molecule has 13 heavy (non-hydrogen) atoms. The number of hydrogen-bond acceptors (Lipinski definition) is 1. The van der Waals surface area contributed by atoms with Crippen LogP contribution in [0, 0.1) is 6.92 Å². The lowest BCUT2D eigenvalue weighted by Gasteiger charge is -2.05. The molecule has 1 rings (SSSR count). The SMILES string of the molecule is C/C=C(\SCC)c1ccc(C)cc1. The first-order valence-corrected chi connectivity index (χ1v) is 5.62. The van der Waals surface area contributed by atoms with Crippen molar-refractivity contribution in [3.05, 3.63) is 41.5 Å². The number of allylic oxidation sites excluding steroid dienone is 1. The maximum Gasteiger partial charge on any atom is 0.0102 e. The zero-order chi connectivity index (χ0) is 9.68. The van der Waals surface area contributed by atoms with Crippen LogP contribution in [0.5, 0.6) is 0 Å². The molecule has 0 fully saturated rings. The smallest absolute Gasteiger partial charge is 0.0102 e. The second kappa shape index (κ2) is 5.13. The predicted octanol–water partition coefficient (Wildman–Crippen LogP) is 4.11. The first-order valence-electron chi connectivity index (χ1n) is 4.64. The van der Waals surface area contributed by atoms with Gasteiger partial charge in [-0.25, -0.2) is 0 Å². The van der Waals surface area contributed by atoms with Crippen LogP contribution in [-0.4, -0.2) is 5.75 Å². The second-order valence-corrected chi connectivity index (χ2v) is 4.26. The molecule has 0 saturated carbocycles. The quantitative estimate of drug-likeness (QED) is 0.694. The molecule has 0 nitrogen and oxygen atoms in total. The van der Waals surface area contributed by atoms with Gasteiger partial charge < -0.3 is 0 Å². The molecule has 1 aromatic carbocycles. The average molecular weight is 192 g/mol. The lowest BCUT2D eigenvalue weighted by atomic mass is 10.1. The fraction of sp³-hybridized carbons (Fsp3) is 0.333. The minimum atomic E-state index is 1.13. The number of benzene rings is 1. The van der Waals surface area contributed by atoms with E-state index >= 15 is 0 Å². The second-order valence-electron chi connectivity index (χ2n) is 2.95. The molecule has 0 N–H and O–H groups in total. The highest BCUT2D eigenvalue weighted by Crippen LogP contribution is 2.26. The van der Waals surface area contributed by atoms with Crippen molar-refractivity contribution in [2.45, 2.75) is 20.8 Å². The van der Waals surface area contributed by atoms with Gasteiger partial charge in [-0.15, -0.1) is 11.8 Å². The third kappa shape index (κ3) is 2.92. The van der Waals surface area contributed by atoms with E-state index in [2.05, 4.69) is 51.1 Å². The molecule has 0 aliphatic carbocycles. The lowest BCUT2D eigenvalue weighted by molar-refractivity contribution is 1.46. The van der Waals surface area contributed by atoms with Gasteiger partial charge in [-0.05, 0) is 25.2 Å². The zero-order valence-corrected chi connectivity index (χ0v) is 9.32. The summed E-state index contributed by atoms with van der Waals surface area (Å²) in [6, 6.07) is 8.70. The van der Waals surface area contributed by atoms with Crippen LogP contribution in [0.1, 0.15) is 25.0 Å². The maximum absolute atomic E-state index is 2.19. The Morgan fingerprint density at radius 1 is 1.31 bits per heavy atom. The largest absolute Gasteiger partial charge is 0.126 e. The summed E-state index contributed by atoms with van der Waals surface area (Å²) in [6.07, 6.45) is 2.18. The Morgan fingerprint density at radius 2 is 1.92 bits per heavy atom. The van der Waals surface area contributed by atoms with Gasteiger partial charge >= 0.3 is 0 Å². The molecule has 0 aliphatic heterocycles. The topological polar surface area (TPSA) is 0 Å². The van der Waals surface area contributed by atoms with Gasteiger partial charge in [0, 0.05) is 4.91 Å². The third-order valence-corrected chi connectivity index (χ3v) is 2.97. The van der Waals surface area contributed by atoms with Crippen molar-refractivity contribution in [1.82, 2.24) is 0 Å². The number of aryl methyl sites for hydroxylation is 1. The molecule has 70 valence electrons. The summed E-state index contributed by atoms with van der Waals surface area (Å²) in [5.74, 6) is 1.13. The van der Waals surface area contributed by atoms with Gasteiger partial charge in [0.2, 0.25) is 0 Å². The van der Waals surface area contributed by atoms with E-state index < -0.39 is 0 Å². The monoisotopic (exact) mass is 192 g/mol. The van der Waals surface area contributed by atoms with E-state index in [1.165, 1.54) is 16.0 Å². The van der Waals surface area contributed by atoms with Crippen molar-refractivity contribution in [2.75, 3.05) is 5.75 Å². The third-order valence-electron chi connectivity index (χ3n) is 1.90. The van der Waals surface area contributed by atoms with Crippen molar-refractivity contribution < 1.29 is 0 Å². The molecule has 0 aromatic heterocycles. The Hall–Kier alpha value is -0.690. The van der Waals surface area contributed by atoms with Gasteiger partial charge in [0.1, 0.15) is 0 Å². The van der Waals surface area contributed by atoms with Gasteiger partial charge in [0.05, 0.1) is 0 Å². The van der Waals surface area contributed by atoms with Crippen LogP contribution in [0.2, 0.25) is 0 Å². The summed E-state index contributed by atoms with van der Waals surface area (Å²) in [4.78, 5) is 1.38. The van der Waals surface area contributed by atoms with Crippen molar-refractivity contribution in [3.63, 3.8) is 0 Å². The zero-order valence-electron chi connectivity index (χ0n) is 8.50. The predicted molar refractivity (Wildman–Crippen MR) is 63.0 cm³/mol. The summed E-state index contributed by atoms with van der Waals surface area (Å²) in [5.41, 5.74) is 2.65. The Morgan fingerprint density at radius 3 is 2.38 bits per heavy atom. The van der Waals surface area contributed by atoms with E-state index in [4.69, 9.17) is 0 Å². The molecule has 0 aliphatic rings. The Labute approximate surface area is 85.1 Å². The van der Waals surface area contributed by atoms with E-state index in [1.54, 1.807) is 0 Å². The Kier molecular flexibility index (Phi) is 4.10. The maximum atomic E-state index is 2.19. The fourth-order valence-corrected chi connectivity index (χ4v) is 1.99. The van der Waals surface area contributed by atoms with Crippen molar-refractivity contribution >= 4 is 16.7 Å². The van der Waals surface area contributed by atoms with Gasteiger partial charge in [0.25, 0.3) is 0 Å². The van der Waals surface area contributed by atoms with Crippen molar-refractivity contribution in [3.8, 4) is 0 Å². The lowest BCUT2D eigenvalue weighted by Crippen LogP contribution is -1.81. The molecule has 1 aromatic rings. The highest BCUT2D eigenvalue weighted by Gasteiger charge is 1.98. The minimum Gasteiger partial charge on any atom is -0.126 e. The van der Waals surface area contributed by atoms with Crippen LogP contribution in [0.3, 0.4) is 0 Å². The summed E-state index contributed by atoms with van der Waals surface area (Å²) in [7, 11) is 0. The molecule has 0 unspecified atom stereocenters. The Bertz CT molecular complexity index is 282. The van der Waals surface area contributed by atoms with Crippen molar-refractivity contribution in [2.24, 2.45) is 0 Å². The van der Waals surface area contributed by atoms with E-state index in [9.17, 15) is 0 Å². The van der Waals surface area contributed by atoms with Crippen LogP contribution in [0.15, 0.2) is 30.3 Å². The summed E-state index contributed by atoms with van der Waals surface area (Å²) in [6.45, 7) is 6.40. The van der Waals surface area contributed by atoms with Crippen LogP contribution in [0.4, 0.5) is 0 Å². The van der Waals surface area contributed by atoms with Gasteiger partial charge in [0.15, 0.2) is 0 Å². The standard InChI is InChI=1S/C12H16S/c1-4-12(13-5-2)11-8-6-10(3)7-9-11/h4,6-9H,5H2,1-3H3/b12-4-. The van der Waals surface area contributed by atoms with Crippen LogP contribution >= 0.6 is 11.8 Å². The number of hydrogen-bond donors (Lipinski definition) is 0. The normalized spacial score (nSPS) is 11.8. The van der Waals surface area contributed by atoms with E-state index in [0.717, 1.165) is 5.75 Å². The highest BCUT2D eigenvalue weighted by atomic mass is 32.2. The average Bonchev–Trinajstić information content (AvgIpc) is 2.16. The minimum absolute atomic E-state index is 1.13. The number of thioether (sulfide) groups is 1. The molecule has 0 saturated heterocycles. The first kappa shape index (κ1) is 10.4. The van der Waals surface area contributed by atoms with Crippen LogP contribution in [0.25, 0.3) is 4.91 Å². The molecule has 0 heterocycles. The van der Waals surface area contributed by atoms with Crippen molar-refractivity contribution in [1.29, 1.82) is 0 Å². The van der Waals surface area contributed by atoms with E-state index in [0.29, 0.717) is 0 Å². The molecule has 0 spiro atoms. The van der Waals surface area contributed by atoms with Gasteiger partial charge in [-0.1, -0.05) is 42.8 Å². The molecule has 0 atom stereocenters. The molecule has 1 heteroatoms. The molecule has 0 amide bonds. The first-order chi connectivity index (χ1) is 6.27. The summed E-state index contributed by atoms with van der Waals surface area (Å²) < 4.78 is 0. The van der Waals surface area contributed by atoms with Gasteiger partial charge in [-0.2, -0.15) is 0 Å². The van der Waals surface area contributed by atoms with E-state index in [-0.39, 0.29) is 0 Å². The summed E-state index contributed by atoms with van der Waals surface area (Å²) >= 11 is 1.90. The van der Waals surface area contributed by atoms with Crippen LogP contribution < -0.4 is 0 Å². The molecule has 0 bridgehead atoms. The van der Waals surface area contributed by atoms with E-state index in [1.807, 2.05) is 11.8 Å². The fourth-order valence-electron chi connectivity index (χ4n) is 1.21. The number of rotatable bonds is 3. The summed E-state index contributed by atoms with van der Waals surface area (Å²) in [5, 5.41) is 0.